The summed E-state index contributed by atoms with van der Waals surface area (Å²) in [6, 6.07) is 0. The average Bonchev–Trinajstić information content (AvgIpc) is 2.35. The van der Waals surface area contributed by atoms with Crippen molar-refractivity contribution in [3.8, 4) is 0 Å². The molecule has 0 amide bonds. The highest BCUT2D eigenvalue weighted by molar-refractivity contribution is 5.09. The van der Waals surface area contributed by atoms with Gasteiger partial charge in [0.2, 0.25) is 5.95 Å². The minimum atomic E-state index is -0.180. The lowest BCUT2D eigenvalue weighted by atomic mass is 9.95. The van der Waals surface area contributed by atoms with Crippen molar-refractivity contribution in [1.29, 1.82) is 0 Å². The first kappa shape index (κ1) is 8.99. The van der Waals surface area contributed by atoms with Gasteiger partial charge in [0.25, 0.3) is 0 Å². The molecule has 0 saturated carbocycles. The highest BCUT2D eigenvalue weighted by Crippen LogP contribution is 2.15. The Morgan fingerprint density at radius 1 is 1.67 bits per heavy atom. The summed E-state index contributed by atoms with van der Waals surface area (Å²) in [5.41, 5.74) is 5.15. The summed E-state index contributed by atoms with van der Waals surface area (Å²) in [6.07, 6.45) is 1.56. The van der Waals surface area contributed by atoms with Crippen LogP contribution in [0.1, 0.15) is 13.8 Å². The molecule has 0 atom stereocenters. The summed E-state index contributed by atoms with van der Waals surface area (Å²) in [6.45, 7) is 4.64. The number of hydrogen-bond donors (Lipinski definition) is 2. The van der Waals surface area contributed by atoms with Crippen LogP contribution in [0.4, 0.5) is 5.95 Å². The third kappa shape index (κ3) is 2.20. The lowest BCUT2D eigenvalue weighted by molar-refractivity contribution is 0.136. The number of aromatic nitrogens is 3. The summed E-state index contributed by atoms with van der Waals surface area (Å²) in [4.78, 5) is 3.78. The molecule has 5 nitrogen and oxygen atoms in total. The van der Waals surface area contributed by atoms with E-state index in [1.807, 2.05) is 13.8 Å². The second kappa shape index (κ2) is 3.10. The summed E-state index contributed by atoms with van der Waals surface area (Å²) < 4.78 is 1.63. The fourth-order valence-electron chi connectivity index (χ4n) is 0.874. The molecule has 0 aliphatic heterocycles. The van der Waals surface area contributed by atoms with Crippen molar-refractivity contribution in [1.82, 2.24) is 14.8 Å². The number of nitrogens with zero attached hydrogens (tertiary/aromatic N) is 3. The predicted octanol–water partition coefficient (Wildman–Crippen LogP) is -0.121. The lowest BCUT2D eigenvalue weighted by Crippen LogP contribution is -2.24. The molecule has 1 heterocycles. The van der Waals surface area contributed by atoms with Crippen LogP contribution in [-0.4, -0.2) is 26.5 Å². The molecule has 0 aliphatic rings. The van der Waals surface area contributed by atoms with Gasteiger partial charge in [-0.2, -0.15) is 0 Å². The SMILES string of the molecule is CC(C)(CO)Cn1cnc(N)n1. The highest BCUT2D eigenvalue weighted by Gasteiger charge is 2.17. The van der Waals surface area contributed by atoms with Gasteiger partial charge in [0.15, 0.2) is 0 Å². The van der Waals surface area contributed by atoms with Crippen molar-refractivity contribution >= 4 is 5.95 Å². The largest absolute Gasteiger partial charge is 0.396 e. The fourth-order valence-corrected chi connectivity index (χ4v) is 0.874. The molecular weight excluding hydrogens is 156 g/mol. The number of nitrogens with two attached hydrogens (primary N) is 1. The predicted molar refractivity (Wildman–Crippen MR) is 45.3 cm³/mol. The Balaban J connectivity index is 2.63. The first-order chi connectivity index (χ1) is 5.53. The first-order valence-corrected chi connectivity index (χ1v) is 3.79. The van der Waals surface area contributed by atoms with Crippen LogP contribution in [0.2, 0.25) is 0 Å². The molecule has 1 rings (SSSR count). The summed E-state index contributed by atoms with van der Waals surface area (Å²) in [7, 11) is 0. The second-order valence-electron chi connectivity index (χ2n) is 3.62. The van der Waals surface area contributed by atoms with E-state index in [2.05, 4.69) is 10.1 Å². The molecule has 1 aromatic heterocycles. The van der Waals surface area contributed by atoms with E-state index < -0.39 is 0 Å². The van der Waals surface area contributed by atoms with Crippen molar-refractivity contribution in [3.05, 3.63) is 6.33 Å². The van der Waals surface area contributed by atoms with E-state index in [1.165, 1.54) is 0 Å². The minimum absolute atomic E-state index is 0.118. The van der Waals surface area contributed by atoms with Crippen LogP contribution in [0.25, 0.3) is 0 Å². The van der Waals surface area contributed by atoms with Crippen LogP contribution in [0, 0.1) is 5.41 Å². The summed E-state index contributed by atoms with van der Waals surface area (Å²) in [5, 5.41) is 12.9. The molecule has 68 valence electrons. The van der Waals surface area contributed by atoms with Gasteiger partial charge in [0, 0.05) is 12.0 Å². The molecule has 5 heteroatoms. The topological polar surface area (TPSA) is 77.0 Å². The highest BCUT2D eigenvalue weighted by atomic mass is 16.3. The van der Waals surface area contributed by atoms with E-state index in [4.69, 9.17) is 10.8 Å². The molecule has 0 radical (unpaired) electrons. The number of hydrogen-bond acceptors (Lipinski definition) is 4. The van der Waals surface area contributed by atoms with Gasteiger partial charge in [-0.05, 0) is 0 Å². The van der Waals surface area contributed by atoms with Crippen LogP contribution >= 0.6 is 0 Å². The van der Waals surface area contributed by atoms with Gasteiger partial charge in [-0.15, -0.1) is 5.10 Å². The van der Waals surface area contributed by atoms with Gasteiger partial charge in [-0.25, -0.2) is 4.98 Å². The van der Waals surface area contributed by atoms with E-state index in [-0.39, 0.29) is 18.0 Å². The zero-order valence-electron chi connectivity index (χ0n) is 7.36. The quantitative estimate of drug-likeness (QED) is 0.663. The maximum Gasteiger partial charge on any atom is 0.239 e. The molecule has 12 heavy (non-hydrogen) atoms. The van der Waals surface area contributed by atoms with E-state index in [0.717, 1.165) is 0 Å². The molecule has 0 aromatic carbocycles. The van der Waals surface area contributed by atoms with E-state index in [0.29, 0.717) is 6.54 Å². The normalized spacial score (nSPS) is 11.9. The van der Waals surface area contributed by atoms with Gasteiger partial charge >= 0.3 is 0 Å². The Morgan fingerprint density at radius 2 is 2.33 bits per heavy atom. The molecule has 0 fully saturated rings. The maximum atomic E-state index is 8.97. The molecule has 0 spiro atoms. The Morgan fingerprint density at radius 3 is 2.75 bits per heavy atom. The zero-order chi connectivity index (χ0) is 9.19. The number of aliphatic hydroxyl groups is 1. The van der Waals surface area contributed by atoms with Crippen molar-refractivity contribution in [3.63, 3.8) is 0 Å². The average molecular weight is 170 g/mol. The molecule has 0 unspecified atom stereocenters. The number of nitrogen functional groups attached to an aromatic ring is 1. The van der Waals surface area contributed by atoms with Crippen molar-refractivity contribution in [2.75, 3.05) is 12.3 Å². The lowest BCUT2D eigenvalue weighted by Gasteiger charge is -2.20. The zero-order valence-corrected chi connectivity index (χ0v) is 7.36. The van der Waals surface area contributed by atoms with E-state index >= 15 is 0 Å². The van der Waals surface area contributed by atoms with E-state index in [9.17, 15) is 0 Å². The molecule has 1 aromatic rings. The Hall–Kier alpha value is -1.10. The molecule has 0 saturated heterocycles. The standard InChI is InChI=1S/C7H14N4O/c1-7(2,4-12)3-11-5-9-6(8)10-11/h5,12H,3-4H2,1-2H3,(H2,8,10). The van der Waals surface area contributed by atoms with Gasteiger partial charge in [0.1, 0.15) is 6.33 Å². The van der Waals surface area contributed by atoms with Gasteiger partial charge in [-0.3, -0.25) is 4.68 Å². The molecular formula is C7H14N4O. The Kier molecular flexibility index (Phi) is 2.32. The third-order valence-corrected chi connectivity index (χ3v) is 1.57. The van der Waals surface area contributed by atoms with Gasteiger partial charge in [0.05, 0.1) is 6.54 Å². The second-order valence-corrected chi connectivity index (χ2v) is 3.62. The summed E-state index contributed by atoms with van der Waals surface area (Å²) in [5.74, 6) is 0.267. The van der Waals surface area contributed by atoms with Crippen LogP contribution in [0.3, 0.4) is 0 Å². The minimum Gasteiger partial charge on any atom is -0.396 e. The Labute approximate surface area is 71.2 Å². The number of anilines is 1. The van der Waals surface area contributed by atoms with Crippen LogP contribution in [-0.2, 0) is 6.54 Å². The first-order valence-electron chi connectivity index (χ1n) is 3.79. The van der Waals surface area contributed by atoms with Crippen LogP contribution < -0.4 is 5.73 Å². The molecule has 0 aliphatic carbocycles. The van der Waals surface area contributed by atoms with Crippen LogP contribution in [0.15, 0.2) is 6.33 Å². The van der Waals surface area contributed by atoms with Crippen LogP contribution in [0.5, 0.6) is 0 Å². The summed E-state index contributed by atoms with van der Waals surface area (Å²) >= 11 is 0. The maximum absolute atomic E-state index is 8.97. The van der Waals surface area contributed by atoms with Crippen molar-refractivity contribution in [2.45, 2.75) is 20.4 Å². The third-order valence-electron chi connectivity index (χ3n) is 1.57. The van der Waals surface area contributed by atoms with E-state index in [1.54, 1.807) is 11.0 Å². The monoisotopic (exact) mass is 170 g/mol. The van der Waals surface area contributed by atoms with Crippen molar-refractivity contribution < 1.29 is 5.11 Å². The number of aliphatic hydroxyl groups excluding tert-OH is 1. The molecule has 0 bridgehead atoms. The fraction of sp³-hybridized carbons (Fsp3) is 0.714. The van der Waals surface area contributed by atoms with Gasteiger partial charge < -0.3 is 10.8 Å². The smallest absolute Gasteiger partial charge is 0.239 e. The molecule has 3 N–H and O–H groups in total. The Bertz CT molecular complexity index is 256. The van der Waals surface area contributed by atoms with Crippen molar-refractivity contribution in [2.24, 2.45) is 5.41 Å². The number of rotatable bonds is 3. The van der Waals surface area contributed by atoms with Gasteiger partial charge in [-0.1, -0.05) is 13.8 Å².